The minimum Gasteiger partial charge on any atom is -0.493 e. The van der Waals surface area contributed by atoms with Crippen LogP contribution in [0.1, 0.15) is 40.6 Å². The maximum absolute atomic E-state index is 13.2. The highest BCUT2D eigenvalue weighted by Crippen LogP contribution is 2.32. The van der Waals surface area contributed by atoms with E-state index in [1.54, 1.807) is 36.7 Å². The predicted octanol–water partition coefficient (Wildman–Crippen LogP) is 3.54. The molecule has 0 radical (unpaired) electrons. The van der Waals surface area contributed by atoms with E-state index in [1.807, 2.05) is 11.0 Å². The van der Waals surface area contributed by atoms with Crippen LogP contribution in [0.4, 0.5) is 4.39 Å². The van der Waals surface area contributed by atoms with E-state index < -0.39 is 0 Å². The average Bonchev–Trinajstić information content (AvgIpc) is 3.37. The number of H-pyrrole nitrogens is 1. The van der Waals surface area contributed by atoms with Crippen molar-refractivity contribution in [2.45, 2.75) is 25.3 Å². The fourth-order valence-corrected chi connectivity index (χ4v) is 3.49. The highest BCUT2D eigenvalue weighted by molar-refractivity contribution is 5.94. The van der Waals surface area contributed by atoms with Gasteiger partial charge in [0.05, 0.1) is 18.3 Å². The summed E-state index contributed by atoms with van der Waals surface area (Å²) in [6.45, 7) is 1.13. The Kier molecular flexibility index (Phi) is 5.32. The number of halogens is 1. The van der Waals surface area contributed by atoms with Gasteiger partial charge in [0.2, 0.25) is 0 Å². The number of benzene rings is 1. The molecule has 144 valence electrons. The predicted molar refractivity (Wildman–Crippen MR) is 101 cm³/mol. The van der Waals surface area contributed by atoms with E-state index in [2.05, 4.69) is 15.2 Å². The van der Waals surface area contributed by atoms with Gasteiger partial charge < -0.3 is 9.64 Å². The van der Waals surface area contributed by atoms with E-state index in [0.29, 0.717) is 24.3 Å². The third-order valence-electron chi connectivity index (χ3n) is 4.87. The number of rotatable bonds is 6. The van der Waals surface area contributed by atoms with Crippen molar-refractivity contribution in [2.24, 2.45) is 0 Å². The van der Waals surface area contributed by atoms with E-state index >= 15 is 0 Å². The largest absolute Gasteiger partial charge is 0.493 e. The van der Waals surface area contributed by atoms with E-state index in [1.165, 1.54) is 12.1 Å². The molecule has 0 bridgehead atoms. The number of ether oxygens (including phenoxy) is 1. The summed E-state index contributed by atoms with van der Waals surface area (Å²) >= 11 is 0. The summed E-state index contributed by atoms with van der Waals surface area (Å²) in [6, 6.07) is 11.5. The van der Waals surface area contributed by atoms with Crippen molar-refractivity contribution in [2.75, 3.05) is 13.2 Å². The second kappa shape index (κ2) is 8.21. The van der Waals surface area contributed by atoms with Gasteiger partial charge in [0.1, 0.15) is 11.6 Å². The number of nitrogens with one attached hydrogen (secondary N) is 1. The standard InChI is InChI=1S/C21H21FN4O2/c22-16-3-1-4-18(13-16)28-12-8-17-14-19(25-24-17)20-5-2-11-26(20)21(27)15-6-9-23-10-7-15/h1,3-4,6-7,9-10,13-14,20H,2,5,8,11-12H2,(H,24,25)/t20-/m1/s1. The zero-order valence-corrected chi connectivity index (χ0v) is 15.3. The molecule has 0 aliphatic carbocycles. The number of nitrogens with zero attached hydrogens (tertiary/aromatic N) is 3. The van der Waals surface area contributed by atoms with Crippen LogP contribution in [0, 0.1) is 5.82 Å². The molecule has 28 heavy (non-hydrogen) atoms. The van der Waals surface area contributed by atoms with E-state index in [4.69, 9.17) is 4.74 Å². The zero-order chi connectivity index (χ0) is 19.3. The van der Waals surface area contributed by atoms with Gasteiger partial charge in [-0.15, -0.1) is 0 Å². The molecule has 7 heteroatoms. The highest BCUT2D eigenvalue weighted by Gasteiger charge is 2.32. The molecular formula is C21H21FN4O2. The quantitative estimate of drug-likeness (QED) is 0.710. The molecule has 0 unspecified atom stereocenters. The first-order valence-electron chi connectivity index (χ1n) is 9.34. The molecule has 2 aromatic heterocycles. The molecule has 4 rings (SSSR count). The van der Waals surface area contributed by atoms with Crippen LogP contribution in [-0.4, -0.2) is 39.1 Å². The molecule has 1 amide bonds. The monoisotopic (exact) mass is 380 g/mol. The summed E-state index contributed by atoms with van der Waals surface area (Å²) in [5.41, 5.74) is 2.43. The topological polar surface area (TPSA) is 71.1 Å². The lowest BCUT2D eigenvalue weighted by Gasteiger charge is -2.23. The molecule has 3 heterocycles. The van der Waals surface area contributed by atoms with Crippen molar-refractivity contribution < 1.29 is 13.9 Å². The fourth-order valence-electron chi connectivity index (χ4n) is 3.49. The molecule has 1 atom stereocenters. The molecule has 0 spiro atoms. The Morgan fingerprint density at radius 3 is 2.93 bits per heavy atom. The van der Waals surface area contributed by atoms with Crippen LogP contribution in [0.15, 0.2) is 54.9 Å². The minimum atomic E-state index is -0.318. The summed E-state index contributed by atoms with van der Waals surface area (Å²) in [5.74, 6) is 0.190. The summed E-state index contributed by atoms with van der Waals surface area (Å²) in [5, 5.41) is 7.44. The van der Waals surface area contributed by atoms with Crippen molar-refractivity contribution in [3.05, 3.63) is 77.6 Å². The number of hydrogen-bond donors (Lipinski definition) is 1. The first kappa shape index (κ1) is 18.2. The van der Waals surface area contributed by atoms with Gasteiger partial charge in [0.25, 0.3) is 5.91 Å². The Morgan fingerprint density at radius 1 is 1.25 bits per heavy atom. The van der Waals surface area contributed by atoms with Crippen LogP contribution in [0.25, 0.3) is 0 Å². The second-order valence-electron chi connectivity index (χ2n) is 6.77. The van der Waals surface area contributed by atoms with E-state index in [9.17, 15) is 9.18 Å². The van der Waals surface area contributed by atoms with Crippen LogP contribution >= 0.6 is 0 Å². The number of aromatic nitrogens is 3. The zero-order valence-electron chi connectivity index (χ0n) is 15.3. The number of carbonyl (C=O) groups is 1. The Hall–Kier alpha value is -3.22. The Morgan fingerprint density at radius 2 is 2.11 bits per heavy atom. The normalized spacial score (nSPS) is 16.3. The number of aromatic amines is 1. The molecule has 1 aliphatic heterocycles. The molecule has 3 aromatic rings. The molecule has 0 saturated carbocycles. The lowest BCUT2D eigenvalue weighted by Crippen LogP contribution is -2.30. The minimum absolute atomic E-state index is 0.00360. The molecule has 1 N–H and O–H groups in total. The lowest BCUT2D eigenvalue weighted by molar-refractivity contribution is 0.0732. The Labute approximate surface area is 162 Å². The van der Waals surface area contributed by atoms with Crippen LogP contribution in [0.5, 0.6) is 5.75 Å². The van der Waals surface area contributed by atoms with Gasteiger partial charge in [-0.1, -0.05) is 6.07 Å². The van der Waals surface area contributed by atoms with Gasteiger partial charge in [0, 0.05) is 42.7 Å². The molecule has 6 nitrogen and oxygen atoms in total. The number of amides is 1. The number of carbonyl (C=O) groups excluding carboxylic acids is 1. The second-order valence-corrected chi connectivity index (χ2v) is 6.77. The summed E-state index contributed by atoms with van der Waals surface area (Å²) in [4.78, 5) is 18.6. The average molecular weight is 380 g/mol. The van der Waals surface area contributed by atoms with Gasteiger partial charge >= 0.3 is 0 Å². The van der Waals surface area contributed by atoms with Crippen LogP contribution in [0.2, 0.25) is 0 Å². The van der Waals surface area contributed by atoms with Crippen molar-refractivity contribution in [3.8, 4) is 5.75 Å². The maximum Gasteiger partial charge on any atom is 0.254 e. The Bertz CT molecular complexity index is 944. The van der Waals surface area contributed by atoms with Crippen molar-refractivity contribution >= 4 is 5.91 Å². The third kappa shape index (κ3) is 4.03. The van der Waals surface area contributed by atoms with Gasteiger partial charge in [-0.2, -0.15) is 5.10 Å². The first-order valence-corrected chi connectivity index (χ1v) is 9.34. The van der Waals surface area contributed by atoms with Crippen LogP contribution in [-0.2, 0) is 6.42 Å². The Balaban J connectivity index is 1.38. The number of pyridine rings is 1. The van der Waals surface area contributed by atoms with Gasteiger partial charge in [-0.25, -0.2) is 4.39 Å². The molecule has 1 saturated heterocycles. The third-order valence-corrected chi connectivity index (χ3v) is 4.87. The molecular weight excluding hydrogens is 359 g/mol. The fraction of sp³-hybridized carbons (Fsp3) is 0.286. The van der Waals surface area contributed by atoms with Gasteiger partial charge in [-0.3, -0.25) is 14.9 Å². The maximum atomic E-state index is 13.2. The van der Waals surface area contributed by atoms with Crippen molar-refractivity contribution in [1.82, 2.24) is 20.1 Å². The molecule has 1 aromatic carbocycles. The van der Waals surface area contributed by atoms with Crippen LogP contribution < -0.4 is 4.74 Å². The molecule has 1 aliphatic rings. The van der Waals surface area contributed by atoms with E-state index in [0.717, 1.165) is 30.8 Å². The SMILES string of the molecule is O=C(c1ccncc1)N1CCC[C@@H]1c1cc(CCOc2cccc(F)c2)[nH]n1. The summed E-state index contributed by atoms with van der Waals surface area (Å²) < 4.78 is 18.8. The lowest BCUT2D eigenvalue weighted by atomic mass is 10.1. The van der Waals surface area contributed by atoms with Crippen molar-refractivity contribution in [1.29, 1.82) is 0 Å². The van der Waals surface area contributed by atoms with E-state index in [-0.39, 0.29) is 17.8 Å². The highest BCUT2D eigenvalue weighted by atomic mass is 19.1. The van der Waals surface area contributed by atoms with Gasteiger partial charge in [-0.05, 0) is 43.2 Å². The van der Waals surface area contributed by atoms with Crippen molar-refractivity contribution in [3.63, 3.8) is 0 Å². The number of hydrogen-bond acceptors (Lipinski definition) is 4. The summed E-state index contributed by atoms with van der Waals surface area (Å²) in [6.07, 6.45) is 5.72. The first-order chi connectivity index (χ1) is 13.7. The summed E-state index contributed by atoms with van der Waals surface area (Å²) in [7, 11) is 0. The van der Waals surface area contributed by atoms with Crippen LogP contribution in [0.3, 0.4) is 0 Å². The molecule has 1 fully saturated rings. The number of likely N-dealkylation sites (tertiary alicyclic amines) is 1. The smallest absolute Gasteiger partial charge is 0.254 e. The van der Waals surface area contributed by atoms with Gasteiger partial charge in [0.15, 0.2) is 0 Å².